The minimum absolute atomic E-state index is 0.0368. The predicted molar refractivity (Wildman–Crippen MR) is 82.2 cm³/mol. The number of aryl methyl sites for hydroxylation is 2. The molecular formula is C16H17N3O4. The highest BCUT2D eigenvalue weighted by atomic mass is 16.7. The van der Waals surface area contributed by atoms with Crippen LogP contribution in [0.4, 0.5) is 5.82 Å². The number of hydrogen-bond donors (Lipinski definition) is 1. The summed E-state index contributed by atoms with van der Waals surface area (Å²) in [5.74, 6) is 2.60. The molecule has 0 saturated carbocycles. The minimum atomic E-state index is -0.128. The number of amides is 1. The summed E-state index contributed by atoms with van der Waals surface area (Å²) in [4.78, 5) is 12.2. The zero-order chi connectivity index (χ0) is 16.1. The van der Waals surface area contributed by atoms with Crippen molar-refractivity contribution in [3.05, 3.63) is 29.0 Å². The topological polar surface area (TPSA) is 74.6 Å². The summed E-state index contributed by atoms with van der Waals surface area (Å²) in [6.45, 7) is 2.15. The number of carbonyl (C=O) groups is 1. The van der Waals surface area contributed by atoms with E-state index < -0.39 is 0 Å². The van der Waals surface area contributed by atoms with Gasteiger partial charge in [-0.15, -0.1) is 0 Å². The Morgan fingerprint density at radius 2 is 2.09 bits per heavy atom. The largest absolute Gasteiger partial charge is 0.496 e. The maximum absolute atomic E-state index is 12.2. The second kappa shape index (κ2) is 4.91. The first-order valence-electron chi connectivity index (χ1n) is 7.39. The smallest absolute Gasteiger partial charge is 0.231 e. The van der Waals surface area contributed by atoms with Crippen LogP contribution in [0.2, 0.25) is 0 Å². The number of methoxy groups -OCH3 is 1. The predicted octanol–water partition coefficient (Wildman–Crippen LogP) is 1.94. The summed E-state index contributed by atoms with van der Waals surface area (Å²) in [6, 6.07) is 3.72. The highest BCUT2D eigenvalue weighted by Gasteiger charge is 2.34. The standard InChI is InChI=1S/C16H17N3O4/c1-8-15-10(5-14(20)17-16(15)19(2)18-8)9-4-12-13(23-7-22-12)6-11(9)21-3/h4,6,10H,5,7H2,1-3H3,(H,17,20). The molecule has 2 aromatic rings. The molecule has 4 rings (SSSR count). The van der Waals surface area contributed by atoms with Crippen LogP contribution in [0.1, 0.15) is 29.2 Å². The first kappa shape index (κ1) is 13.9. The molecule has 1 unspecified atom stereocenters. The van der Waals surface area contributed by atoms with E-state index in [9.17, 15) is 4.79 Å². The van der Waals surface area contributed by atoms with Gasteiger partial charge >= 0.3 is 0 Å². The van der Waals surface area contributed by atoms with Crippen molar-refractivity contribution in [2.45, 2.75) is 19.3 Å². The molecule has 1 atom stereocenters. The fourth-order valence-electron chi connectivity index (χ4n) is 3.36. The number of nitrogens with one attached hydrogen (secondary N) is 1. The molecule has 23 heavy (non-hydrogen) atoms. The molecule has 0 spiro atoms. The quantitative estimate of drug-likeness (QED) is 0.916. The van der Waals surface area contributed by atoms with Crippen molar-refractivity contribution in [3.8, 4) is 17.2 Å². The van der Waals surface area contributed by atoms with Crippen molar-refractivity contribution in [3.63, 3.8) is 0 Å². The average Bonchev–Trinajstić information content (AvgIpc) is 3.09. The van der Waals surface area contributed by atoms with Crippen LogP contribution in [-0.2, 0) is 11.8 Å². The Labute approximate surface area is 133 Å². The molecule has 120 valence electrons. The third kappa shape index (κ3) is 2.03. The minimum Gasteiger partial charge on any atom is -0.496 e. The van der Waals surface area contributed by atoms with Crippen molar-refractivity contribution >= 4 is 11.7 Å². The number of rotatable bonds is 2. The van der Waals surface area contributed by atoms with Crippen LogP contribution in [-0.4, -0.2) is 29.6 Å². The summed E-state index contributed by atoms with van der Waals surface area (Å²) >= 11 is 0. The molecule has 2 aliphatic heterocycles. The van der Waals surface area contributed by atoms with E-state index in [4.69, 9.17) is 14.2 Å². The van der Waals surface area contributed by atoms with Crippen molar-refractivity contribution < 1.29 is 19.0 Å². The summed E-state index contributed by atoms with van der Waals surface area (Å²) in [7, 11) is 3.44. The summed E-state index contributed by atoms with van der Waals surface area (Å²) in [5, 5.41) is 7.34. The van der Waals surface area contributed by atoms with Gasteiger partial charge < -0.3 is 19.5 Å². The Bertz CT molecular complexity index is 812. The Balaban J connectivity index is 1.90. The van der Waals surface area contributed by atoms with Gasteiger partial charge in [0.1, 0.15) is 11.6 Å². The third-order valence-electron chi connectivity index (χ3n) is 4.36. The first-order chi connectivity index (χ1) is 11.1. The molecule has 3 heterocycles. The van der Waals surface area contributed by atoms with Crippen LogP contribution >= 0.6 is 0 Å². The second-order valence-electron chi connectivity index (χ2n) is 5.72. The summed E-state index contributed by atoms with van der Waals surface area (Å²) in [5.41, 5.74) is 2.82. The fourth-order valence-corrected chi connectivity index (χ4v) is 3.36. The van der Waals surface area contributed by atoms with Crippen LogP contribution in [0, 0.1) is 6.92 Å². The van der Waals surface area contributed by atoms with E-state index in [1.54, 1.807) is 11.8 Å². The number of anilines is 1. The zero-order valence-electron chi connectivity index (χ0n) is 13.2. The van der Waals surface area contributed by atoms with Crippen LogP contribution in [0.3, 0.4) is 0 Å². The molecule has 7 nitrogen and oxygen atoms in total. The molecule has 7 heteroatoms. The van der Waals surface area contributed by atoms with E-state index in [-0.39, 0.29) is 18.6 Å². The van der Waals surface area contributed by atoms with Gasteiger partial charge in [-0.05, 0) is 13.0 Å². The lowest BCUT2D eigenvalue weighted by atomic mass is 9.85. The van der Waals surface area contributed by atoms with Gasteiger partial charge in [0.2, 0.25) is 12.7 Å². The fraction of sp³-hybridized carbons (Fsp3) is 0.375. The Hall–Kier alpha value is -2.70. The molecule has 1 aromatic carbocycles. The number of hydrogen-bond acceptors (Lipinski definition) is 5. The van der Waals surface area contributed by atoms with E-state index in [1.807, 2.05) is 26.1 Å². The van der Waals surface area contributed by atoms with E-state index in [0.29, 0.717) is 23.7 Å². The van der Waals surface area contributed by atoms with Crippen molar-refractivity contribution in [2.75, 3.05) is 19.2 Å². The van der Waals surface area contributed by atoms with Crippen LogP contribution in [0.25, 0.3) is 0 Å². The lowest BCUT2D eigenvalue weighted by Gasteiger charge is -2.25. The highest BCUT2D eigenvalue weighted by molar-refractivity contribution is 5.94. The molecular weight excluding hydrogens is 298 g/mol. The van der Waals surface area contributed by atoms with Crippen molar-refractivity contribution in [1.82, 2.24) is 9.78 Å². The number of aromatic nitrogens is 2. The molecule has 0 bridgehead atoms. The maximum atomic E-state index is 12.2. The molecule has 0 fully saturated rings. The van der Waals surface area contributed by atoms with Crippen LogP contribution in [0.15, 0.2) is 12.1 Å². The molecule has 1 amide bonds. The Morgan fingerprint density at radius 3 is 2.83 bits per heavy atom. The first-order valence-corrected chi connectivity index (χ1v) is 7.39. The van der Waals surface area contributed by atoms with Crippen LogP contribution < -0.4 is 19.5 Å². The van der Waals surface area contributed by atoms with E-state index in [0.717, 1.165) is 22.6 Å². The van der Waals surface area contributed by atoms with E-state index >= 15 is 0 Å². The molecule has 0 radical (unpaired) electrons. The lowest BCUT2D eigenvalue weighted by molar-refractivity contribution is -0.116. The molecule has 1 N–H and O–H groups in total. The number of fused-ring (bicyclic) bond motifs is 2. The molecule has 0 aliphatic carbocycles. The Kier molecular flexibility index (Phi) is 2.97. The van der Waals surface area contributed by atoms with Gasteiger partial charge in [-0.25, -0.2) is 0 Å². The maximum Gasteiger partial charge on any atom is 0.231 e. The highest BCUT2D eigenvalue weighted by Crippen LogP contribution is 2.46. The lowest BCUT2D eigenvalue weighted by Crippen LogP contribution is -2.25. The Morgan fingerprint density at radius 1 is 1.35 bits per heavy atom. The molecule has 1 aromatic heterocycles. The van der Waals surface area contributed by atoms with Gasteiger partial charge in [0.25, 0.3) is 0 Å². The van der Waals surface area contributed by atoms with Gasteiger partial charge in [0, 0.05) is 36.6 Å². The monoisotopic (exact) mass is 315 g/mol. The average molecular weight is 315 g/mol. The van der Waals surface area contributed by atoms with Gasteiger partial charge in [-0.2, -0.15) is 5.10 Å². The summed E-state index contributed by atoms with van der Waals surface area (Å²) < 4.78 is 18.1. The SMILES string of the molecule is COc1cc2c(cc1C1CC(=O)Nc3c1c(C)nn3C)OCO2. The number of ether oxygens (including phenoxy) is 3. The van der Waals surface area contributed by atoms with Crippen molar-refractivity contribution in [2.24, 2.45) is 7.05 Å². The van der Waals surface area contributed by atoms with E-state index in [2.05, 4.69) is 10.4 Å². The third-order valence-corrected chi connectivity index (χ3v) is 4.36. The second-order valence-corrected chi connectivity index (χ2v) is 5.72. The zero-order valence-corrected chi connectivity index (χ0v) is 13.2. The number of carbonyl (C=O) groups excluding carboxylic acids is 1. The van der Waals surface area contributed by atoms with Crippen LogP contribution in [0.5, 0.6) is 17.2 Å². The van der Waals surface area contributed by atoms with Gasteiger partial charge in [-0.1, -0.05) is 0 Å². The molecule has 0 saturated heterocycles. The number of benzene rings is 1. The summed E-state index contributed by atoms with van der Waals surface area (Å²) in [6.07, 6.45) is 0.343. The van der Waals surface area contributed by atoms with Gasteiger partial charge in [0.15, 0.2) is 11.5 Å². The van der Waals surface area contributed by atoms with E-state index in [1.165, 1.54) is 0 Å². The molecule has 2 aliphatic rings. The van der Waals surface area contributed by atoms with Gasteiger partial charge in [0.05, 0.1) is 12.8 Å². The van der Waals surface area contributed by atoms with Gasteiger partial charge in [-0.3, -0.25) is 9.48 Å². The van der Waals surface area contributed by atoms with Crippen molar-refractivity contribution in [1.29, 1.82) is 0 Å². The number of nitrogens with zero attached hydrogens (tertiary/aromatic N) is 2. The normalized spacial score (nSPS) is 18.6.